The number of nitrogens with zero attached hydrogens (tertiary/aromatic N) is 1. The normalized spacial score (nSPS) is 18.8. The molecule has 5 nitrogen and oxygen atoms in total. The first-order chi connectivity index (χ1) is 16.7. The third-order valence-corrected chi connectivity index (χ3v) is 7.91. The van der Waals surface area contributed by atoms with E-state index in [1.807, 2.05) is 64.9 Å². The molecular weight excluding hydrogens is 462 g/mol. The highest BCUT2D eigenvalue weighted by atomic mass is 32.1. The van der Waals surface area contributed by atoms with Crippen molar-refractivity contribution < 1.29 is 9.53 Å². The molecule has 0 saturated carbocycles. The molecule has 7 heteroatoms. The molecule has 1 aliphatic carbocycles. The lowest BCUT2D eigenvalue weighted by atomic mass is 9.89. The van der Waals surface area contributed by atoms with Crippen LogP contribution in [0.3, 0.4) is 0 Å². The van der Waals surface area contributed by atoms with E-state index in [1.54, 1.807) is 0 Å². The molecule has 0 radical (unpaired) electrons. The van der Waals surface area contributed by atoms with Gasteiger partial charge in [0.1, 0.15) is 11.0 Å². The van der Waals surface area contributed by atoms with Gasteiger partial charge in [0.15, 0.2) is 5.11 Å². The standard InChI is InChI=1S/C23H21N3OS2.C4H8O/c27-21(16-11-5-2-6-12-16)25-26-20(15-9-3-1-4-10-15)19-17-13-7-8-14-18(17)29-22(19)24-23(26)28;1-2-4-5-3-1/h1-6,9-12,20H,7-8,13-14H2,(H,24,28)(H,25,27);1-4H2. The Bertz CT molecular complexity index is 1140. The van der Waals surface area contributed by atoms with E-state index in [-0.39, 0.29) is 11.9 Å². The maximum absolute atomic E-state index is 12.9. The molecule has 2 N–H and O–H groups in total. The monoisotopic (exact) mass is 491 g/mol. The molecule has 2 aliphatic heterocycles. The number of anilines is 1. The first-order valence-corrected chi connectivity index (χ1v) is 13.2. The van der Waals surface area contributed by atoms with Crippen LogP contribution in [0.15, 0.2) is 60.7 Å². The predicted molar refractivity (Wildman–Crippen MR) is 141 cm³/mol. The van der Waals surface area contributed by atoms with Crippen LogP contribution in [-0.2, 0) is 17.6 Å². The van der Waals surface area contributed by atoms with Crippen LogP contribution >= 0.6 is 23.6 Å². The van der Waals surface area contributed by atoms with Crippen molar-refractivity contribution in [1.29, 1.82) is 0 Å². The van der Waals surface area contributed by atoms with Gasteiger partial charge in [-0.3, -0.25) is 10.2 Å². The number of hydrogen-bond acceptors (Lipinski definition) is 4. The highest BCUT2D eigenvalue weighted by Crippen LogP contribution is 2.47. The first kappa shape index (κ1) is 23.0. The number of aryl methyl sites for hydroxylation is 1. The number of carbonyl (C=O) groups is 1. The zero-order chi connectivity index (χ0) is 23.3. The van der Waals surface area contributed by atoms with E-state index in [0.717, 1.165) is 36.6 Å². The average Bonchev–Trinajstić information content (AvgIpc) is 3.57. The quantitative estimate of drug-likeness (QED) is 0.449. The predicted octanol–water partition coefficient (Wildman–Crippen LogP) is 5.87. The minimum atomic E-state index is -0.164. The zero-order valence-corrected chi connectivity index (χ0v) is 20.7. The number of amides is 1. The van der Waals surface area contributed by atoms with Crippen molar-refractivity contribution in [2.75, 3.05) is 18.5 Å². The molecule has 176 valence electrons. The van der Waals surface area contributed by atoms with Crippen LogP contribution in [0.1, 0.15) is 63.7 Å². The summed E-state index contributed by atoms with van der Waals surface area (Å²) in [6, 6.07) is 19.4. The molecule has 0 bridgehead atoms. The van der Waals surface area contributed by atoms with Crippen molar-refractivity contribution in [2.24, 2.45) is 0 Å². The summed E-state index contributed by atoms with van der Waals surface area (Å²) in [5.41, 5.74) is 7.49. The third-order valence-electron chi connectivity index (χ3n) is 6.38. The van der Waals surface area contributed by atoms with Crippen molar-refractivity contribution in [1.82, 2.24) is 10.4 Å². The number of hydrazine groups is 1. The van der Waals surface area contributed by atoms with E-state index in [0.29, 0.717) is 10.7 Å². The minimum absolute atomic E-state index is 0.134. The van der Waals surface area contributed by atoms with Gasteiger partial charge in [-0.15, -0.1) is 11.3 Å². The van der Waals surface area contributed by atoms with Gasteiger partial charge in [0.05, 0.1) is 0 Å². The van der Waals surface area contributed by atoms with Gasteiger partial charge in [0.2, 0.25) is 0 Å². The number of fused-ring (bicyclic) bond motifs is 3. The second kappa shape index (κ2) is 10.7. The van der Waals surface area contributed by atoms with E-state index in [2.05, 4.69) is 22.9 Å². The highest BCUT2D eigenvalue weighted by Gasteiger charge is 2.37. The summed E-state index contributed by atoms with van der Waals surface area (Å²) in [5, 5.41) is 6.86. The Balaban J connectivity index is 0.000000429. The van der Waals surface area contributed by atoms with E-state index in [1.165, 1.54) is 41.7 Å². The number of thiophene rings is 1. The molecule has 1 amide bonds. The number of benzene rings is 2. The zero-order valence-electron chi connectivity index (χ0n) is 19.1. The average molecular weight is 492 g/mol. The second-order valence-electron chi connectivity index (χ2n) is 8.69. The van der Waals surface area contributed by atoms with Crippen molar-refractivity contribution >= 4 is 39.6 Å². The lowest BCUT2D eigenvalue weighted by Crippen LogP contribution is -2.52. The Morgan fingerprint density at radius 2 is 1.65 bits per heavy atom. The molecule has 1 fully saturated rings. The Labute approximate surface area is 210 Å². The van der Waals surface area contributed by atoms with Gasteiger partial charge in [-0.2, -0.15) is 0 Å². The molecule has 3 heterocycles. The summed E-state index contributed by atoms with van der Waals surface area (Å²) in [7, 11) is 0. The molecule has 3 aromatic rings. The topological polar surface area (TPSA) is 53.6 Å². The summed E-state index contributed by atoms with van der Waals surface area (Å²) >= 11 is 7.52. The Morgan fingerprint density at radius 3 is 2.32 bits per heavy atom. The van der Waals surface area contributed by atoms with Crippen LogP contribution in [0.2, 0.25) is 0 Å². The van der Waals surface area contributed by atoms with Crippen molar-refractivity contribution in [3.8, 4) is 0 Å². The molecule has 1 atom stereocenters. The fraction of sp³-hybridized carbons (Fsp3) is 0.333. The minimum Gasteiger partial charge on any atom is -0.381 e. The van der Waals surface area contributed by atoms with Crippen molar-refractivity contribution in [3.63, 3.8) is 0 Å². The second-order valence-corrected chi connectivity index (χ2v) is 10.2. The summed E-state index contributed by atoms with van der Waals surface area (Å²) in [4.78, 5) is 14.4. The van der Waals surface area contributed by atoms with Gasteiger partial charge < -0.3 is 10.1 Å². The fourth-order valence-electron chi connectivity index (χ4n) is 4.72. The largest absolute Gasteiger partial charge is 0.381 e. The number of hydrogen-bond donors (Lipinski definition) is 2. The summed E-state index contributed by atoms with van der Waals surface area (Å²) < 4.78 is 4.94. The van der Waals surface area contributed by atoms with Crippen LogP contribution in [-0.4, -0.2) is 29.2 Å². The number of rotatable bonds is 3. The third kappa shape index (κ3) is 4.87. The van der Waals surface area contributed by atoms with Gasteiger partial charge in [0.25, 0.3) is 5.91 Å². The molecule has 6 rings (SSSR count). The Morgan fingerprint density at radius 1 is 0.971 bits per heavy atom. The van der Waals surface area contributed by atoms with Crippen molar-refractivity contribution in [3.05, 3.63) is 87.8 Å². The molecule has 34 heavy (non-hydrogen) atoms. The van der Waals surface area contributed by atoms with E-state index < -0.39 is 0 Å². The van der Waals surface area contributed by atoms with Gasteiger partial charge in [-0.25, -0.2) is 5.01 Å². The maximum atomic E-state index is 12.9. The molecule has 1 unspecified atom stereocenters. The summed E-state index contributed by atoms with van der Waals surface area (Å²) in [6.45, 7) is 2.00. The molecule has 2 aromatic carbocycles. The smallest absolute Gasteiger partial charge is 0.269 e. The SMILES string of the molecule is C1CCOC1.O=C(NN1C(=S)Nc2sc3c(c2C1c1ccccc1)CCCC3)c1ccccc1. The van der Waals surface area contributed by atoms with Crippen LogP contribution in [0.4, 0.5) is 5.00 Å². The summed E-state index contributed by atoms with van der Waals surface area (Å²) in [6.07, 6.45) is 7.21. The number of ether oxygens (including phenoxy) is 1. The van der Waals surface area contributed by atoms with Crippen molar-refractivity contribution in [2.45, 2.75) is 44.6 Å². The van der Waals surface area contributed by atoms with Gasteiger partial charge in [0, 0.05) is 29.2 Å². The van der Waals surface area contributed by atoms with E-state index in [9.17, 15) is 4.79 Å². The van der Waals surface area contributed by atoms with Gasteiger partial charge >= 0.3 is 0 Å². The van der Waals surface area contributed by atoms with E-state index >= 15 is 0 Å². The molecule has 1 aromatic heterocycles. The number of carbonyl (C=O) groups excluding carboxylic acids is 1. The maximum Gasteiger partial charge on any atom is 0.269 e. The number of thiocarbonyl (C=S) groups is 1. The Hall–Kier alpha value is -2.74. The van der Waals surface area contributed by atoms with E-state index in [4.69, 9.17) is 17.0 Å². The molecule has 0 spiro atoms. The highest BCUT2D eigenvalue weighted by molar-refractivity contribution is 7.80. The fourth-order valence-corrected chi connectivity index (χ4v) is 6.35. The molecule has 3 aliphatic rings. The van der Waals surface area contributed by atoms with Crippen LogP contribution in [0, 0.1) is 0 Å². The first-order valence-electron chi connectivity index (χ1n) is 12.0. The Kier molecular flexibility index (Phi) is 7.23. The molecular formula is C27H29N3O2S2. The van der Waals surface area contributed by atoms with Crippen LogP contribution in [0.25, 0.3) is 0 Å². The van der Waals surface area contributed by atoms with Crippen LogP contribution in [0.5, 0.6) is 0 Å². The van der Waals surface area contributed by atoms with Gasteiger partial charge in [-0.1, -0.05) is 48.5 Å². The van der Waals surface area contributed by atoms with Crippen LogP contribution < -0.4 is 10.7 Å². The lowest BCUT2D eigenvalue weighted by Gasteiger charge is -2.39. The number of nitrogens with one attached hydrogen (secondary N) is 2. The molecule has 1 saturated heterocycles. The van der Waals surface area contributed by atoms with Gasteiger partial charge in [-0.05, 0) is 74.0 Å². The summed E-state index contributed by atoms with van der Waals surface area (Å²) in [5.74, 6) is -0.164. The lowest BCUT2D eigenvalue weighted by molar-refractivity contribution is 0.0848.